The summed E-state index contributed by atoms with van der Waals surface area (Å²) in [6.45, 7) is 7.32. The molecule has 2 fully saturated rings. The molecule has 0 spiro atoms. The lowest BCUT2D eigenvalue weighted by Gasteiger charge is -2.44. The number of piperazine rings is 1. The normalized spacial score (nSPS) is 23.3. The molecule has 3 heteroatoms. The second-order valence-corrected chi connectivity index (χ2v) is 8.40. The summed E-state index contributed by atoms with van der Waals surface area (Å²) in [6, 6.07) is 18.8. The number of nitrogens with zero attached hydrogens (tertiary/aromatic N) is 3. The number of benzene rings is 2. The van der Waals surface area contributed by atoms with E-state index in [9.17, 15) is 0 Å². The molecule has 0 bridgehead atoms. The van der Waals surface area contributed by atoms with Gasteiger partial charge < -0.3 is 4.90 Å². The highest BCUT2D eigenvalue weighted by Gasteiger charge is 2.29. The van der Waals surface area contributed by atoms with E-state index in [2.05, 4.69) is 63.2 Å². The molecule has 1 atom stereocenters. The number of hydrogen-bond donors (Lipinski definition) is 0. The van der Waals surface area contributed by atoms with Crippen molar-refractivity contribution in [2.75, 3.05) is 44.2 Å². The van der Waals surface area contributed by atoms with Crippen LogP contribution in [-0.4, -0.2) is 55.1 Å². The van der Waals surface area contributed by atoms with Crippen LogP contribution in [-0.2, 0) is 12.8 Å². The van der Waals surface area contributed by atoms with Crippen LogP contribution in [0.1, 0.15) is 30.4 Å². The van der Waals surface area contributed by atoms with E-state index in [1.807, 2.05) is 0 Å². The van der Waals surface area contributed by atoms with Gasteiger partial charge in [0, 0.05) is 50.1 Å². The number of hydrogen-bond acceptors (Lipinski definition) is 3. The number of para-hydroxylation sites is 2. The number of fused-ring (bicyclic) bond motifs is 3. The summed E-state index contributed by atoms with van der Waals surface area (Å²) in [7, 11) is 0. The lowest BCUT2D eigenvalue weighted by molar-refractivity contribution is 0.0510. The fourth-order valence-electron chi connectivity index (χ4n) is 5.28. The van der Waals surface area contributed by atoms with Gasteiger partial charge in [-0.05, 0) is 55.5 Å². The summed E-state index contributed by atoms with van der Waals surface area (Å²) in [5.41, 5.74) is 5.81. The highest BCUT2D eigenvalue weighted by Crippen LogP contribution is 2.35. The molecular formula is C24H31N3. The molecule has 0 aromatic heterocycles. The van der Waals surface area contributed by atoms with Crippen molar-refractivity contribution < 1.29 is 0 Å². The molecule has 2 saturated heterocycles. The van der Waals surface area contributed by atoms with E-state index in [0.29, 0.717) is 0 Å². The lowest BCUT2D eigenvalue weighted by atomic mass is 9.99. The molecular weight excluding hydrogens is 330 g/mol. The lowest BCUT2D eigenvalue weighted by Crippen LogP contribution is -2.55. The number of aryl methyl sites for hydroxylation is 2. The zero-order chi connectivity index (χ0) is 18.1. The first-order chi connectivity index (χ1) is 13.4. The number of anilines is 2. The van der Waals surface area contributed by atoms with E-state index in [0.717, 1.165) is 32.0 Å². The molecule has 5 rings (SSSR count). The monoisotopic (exact) mass is 361 g/mol. The van der Waals surface area contributed by atoms with E-state index in [1.165, 1.54) is 67.9 Å². The average Bonchev–Trinajstić information content (AvgIpc) is 2.89. The molecule has 0 aliphatic carbocycles. The van der Waals surface area contributed by atoms with Gasteiger partial charge >= 0.3 is 0 Å². The quantitative estimate of drug-likeness (QED) is 0.815. The first kappa shape index (κ1) is 17.3. The van der Waals surface area contributed by atoms with Crippen molar-refractivity contribution in [2.45, 2.75) is 38.1 Å². The topological polar surface area (TPSA) is 9.72 Å². The molecule has 27 heavy (non-hydrogen) atoms. The Labute approximate surface area is 163 Å². The third-order valence-electron chi connectivity index (χ3n) is 6.79. The van der Waals surface area contributed by atoms with Crippen LogP contribution in [0.15, 0.2) is 48.5 Å². The van der Waals surface area contributed by atoms with Crippen molar-refractivity contribution in [2.24, 2.45) is 0 Å². The minimum atomic E-state index is 0.802. The largest absolute Gasteiger partial charge is 0.340 e. The molecule has 2 aromatic carbocycles. The van der Waals surface area contributed by atoms with Crippen LogP contribution in [0.25, 0.3) is 0 Å². The van der Waals surface area contributed by atoms with E-state index in [1.54, 1.807) is 0 Å². The molecule has 1 unspecified atom stereocenters. The van der Waals surface area contributed by atoms with E-state index in [-0.39, 0.29) is 0 Å². The SMILES string of the molecule is c1ccc2c(c1)CCc1ccccc1N2CCN1CCN2CCCCC2C1. The van der Waals surface area contributed by atoms with Gasteiger partial charge in [-0.3, -0.25) is 9.80 Å². The summed E-state index contributed by atoms with van der Waals surface area (Å²) in [4.78, 5) is 8.03. The molecule has 0 radical (unpaired) electrons. The van der Waals surface area contributed by atoms with Crippen LogP contribution in [0.4, 0.5) is 11.4 Å². The van der Waals surface area contributed by atoms with Crippen molar-refractivity contribution in [3.63, 3.8) is 0 Å². The standard InChI is InChI=1S/C24H31N3/c1-3-10-23-20(7-1)12-13-21-8-2-4-11-24(21)27(23)18-16-25-15-17-26-14-6-5-9-22(26)19-25/h1-4,7-8,10-11,22H,5-6,9,12-19H2. The van der Waals surface area contributed by atoms with Crippen LogP contribution in [0.5, 0.6) is 0 Å². The molecule has 3 nitrogen and oxygen atoms in total. The van der Waals surface area contributed by atoms with Crippen LogP contribution in [0.3, 0.4) is 0 Å². The molecule has 0 amide bonds. The van der Waals surface area contributed by atoms with Crippen LogP contribution < -0.4 is 4.90 Å². The predicted molar refractivity (Wildman–Crippen MR) is 113 cm³/mol. The fraction of sp³-hybridized carbons (Fsp3) is 0.500. The smallest absolute Gasteiger partial charge is 0.0443 e. The van der Waals surface area contributed by atoms with Crippen molar-refractivity contribution in [1.82, 2.24) is 9.80 Å². The summed E-state index contributed by atoms with van der Waals surface area (Å²) < 4.78 is 0. The highest BCUT2D eigenvalue weighted by molar-refractivity contribution is 5.71. The average molecular weight is 362 g/mol. The van der Waals surface area contributed by atoms with Crippen LogP contribution >= 0.6 is 0 Å². The molecule has 3 aliphatic heterocycles. The van der Waals surface area contributed by atoms with Gasteiger partial charge in [0.15, 0.2) is 0 Å². The zero-order valence-electron chi connectivity index (χ0n) is 16.3. The molecule has 0 N–H and O–H groups in total. The van der Waals surface area contributed by atoms with Gasteiger partial charge in [-0.25, -0.2) is 0 Å². The van der Waals surface area contributed by atoms with E-state index < -0.39 is 0 Å². The first-order valence-electron chi connectivity index (χ1n) is 10.8. The van der Waals surface area contributed by atoms with Gasteiger partial charge in [0.25, 0.3) is 0 Å². The van der Waals surface area contributed by atoms with Gasteiger partial charge in [-0.1, -0.05) is 42.8 Å². The third kappa shape index (κ3) is 3.51. The minimum absolute atomic E-state index is 0.802. The Hall–Kier alpha value is -1.84. The molecule has 2 aromatic rings. The Morgan fingerprint density at radius 3 is 2.19 bits per heavy atom. The molecule has 3 heterocycles. The van der Waals surface area contributed by atoms with Crippen molar-refractivity contribution in [1.29, 1.82) is 0 Å². The zero-order valence-corrected chi connectivity index (χ0v) is 16.3. The van der Waals surface area contributed by atoms with E-state index >= 15 is 0 Å². The molecule has 142 valence electrons. The Morgan fingerprint density at radius 1 is 0.741 bits per heavy atom. The van der Waals surface area contributed by atoms with Crippen molar-refractivity contribution in [3.8, 4) is 0 Å². The Morgan fingerprint density at radius 2 is 1.44 bits per heavy atom. The van der Waals surface area contributed by atoms with Gasteiger partial charge in [-0.15, -0.1) is 0 Å². The summed E-state index contributed by atoms with van der Waals surface area (Å²) in [5.74, 6) is 0. The van der Waals surface area contributed by atoms with Gasteiger partial charge in [0.1, 0.15) is 0 Å². The van der Waals surface area contributed by atoms with E-state index in [4.69, 9.17) is 0 Å². The Bertz CT molecular complexity index is 739. The maximum absolute atomic E-state index is 2.73. The van der Waals surface area contributed by atoms with Crippen molar-refractivity contribution >= 4 is 11.4 Å². The summed E-state index contributed by atoms with van der Waals surface area (Å²) in [5, 5.41) is 0. The van der Waals surface area contributed by atoms with Gasteiger partial charge in [0.2, 0.25) is 0 Å². The number of rotatable bonds is 3. The molecule has 3 aliphatic rings. The maximum atomic E-state index is 2.73. The fourth-order valence-corrected chi connectivity index (χ4v) is 5.28. The minimum Gasteiger partial charge on any atom is -0.340 e. The highest BCUT2D eigenvalue weighted by atomic mass is 15.3. The Kier molecular flexibility index (Phi) is 4.89. The van der Waals surface area contributed by atoms with Crippen LogP contribution in [0.2, 0.25) is 0 Å². The number of piperidine rings is 1. The van der Waals surface area contributed by atoms with Gasteiger partial charge in [-0.2, -0.15) is 0 Å². The summed E-state index contributed by atoms with van der Waals surface area (Å²) in [6.07, 6.45) is 6.50. The molecule has 0 saturated carbocycles. The first-order valence-corrected chi connectivity index (χ1v) is 10.8. The second kappa shape index (κ2) is 7.65. The third-order valence-corrected chi connectivity index (χ3v) is 6.79. The van der Waals surface area contributed by atoms with Crippen LogP contribution in [0, 0.1) is 0 Å². The second-order valence-electron chi connectivity index (χ2n) is 8.40. The van der Waals surface area contributed by atoms with Gasteiger partial charge in [0.05, 0.1) is 0 Å². The Balaban J connectivity index is 1.35. The maximum Gasteiger partial charge on any atom is 0.0443 e. The predicted octanol–water partition coefficient (Wildman–Crippen LogP) is 4.09. The van der Waals surface area contributed by atoms with Crippen molar-refractivity contribution in [3.05, 3.63) is 59.7 Å². The summed E-state index contributed by atoms with van der Waals surface area (Å²) >= 11 is 0.